The lowest BCUT2D eigenvalue weighted by molar-refractivity contribution is 0.199. The summed E-state index contributed by atoms with van der Waals surface area (Å²) in [5.41, 5.74) is 1.19. The molecule has 118 valence electrons. The first-order valence-electron chi connectivity index (χ1n) is 7.26. The predicted octanol–water partition coefficient (Wildman–Crippen LogP) is 2.72. The quantitative estimate of drug-likeness (QED) is 0.902. The third-order valence-corrected chi connectivity index (χ3v) is 4.00. The van der Waals surface area contributed by atoms with Gasteiger partial charge in [-0.05, 0) is 24.6 Å². The van der Waals surface area contributed by atoms with Crippen LogP contribution in [0.1, 0.15) is 18.9 Å². The number of benzene rings is 1. The van der Waals surface area contributed by atoms with Crippen LogP contribution in [-0.2, 0) is 6.54 Å². The van der Waals surface area contributed by atoms with E-state index >= 15 is 0 Å². The lowest BCUT2D eigenvalue weighted by Gasteiger charge is -2.32. The van der Waals surface area contributed by atoms with Crippen LogP contribution in [0.25, 0.3) is 0 Å². The molecule has 0 bridgehead atoms. The van der Waals surface area contributed by atoms with Crippen molar-refractivity contribution in [2.75, 3.05) is 32.8 Å². The molecular formula is C15H22Cl2N2O2. The van der Waals surface area contributed by atoms with Gasteiger partial charge in [-0.3, -0.25) is 4.90 Å². The van der Waals surface area contributed by atoms with Crippen molar-refractivity contribution >= 4 is 24.0 Å². The second-order valence-corrected chi connectivity index (χ2v) is 5.95. The highest BCUT2D eigenvalue weighted by Crippen LogP contribution is 2.38. The van der Waals surface area contributed by atoms with Gasteiger partial charge in [-0.25, -0.2) is 0 Å². The third-order valence-electron chi connectivity index (χ3n) is 3.72. The molecule has 0 aliphatic carbocycles. The minimum atomic E-state index is 0. The lowest BCUT2D eigenvalue weighted by Crippen LogP contribution is -2.48. The van der Waals surface area contributed by atoms with E-state index in [1.165, 1.54) is 5.56 Å². The van der Waals surface area contributed by atoms with Gasteiger partial charge in [0.05, 0.1) is 18.2 Å². The molecule has 2 aliphatic heterocycles. The number of nitrogens with one attached hydrogen (secondary N) is 1. The molecule has 4 nitrogen and oxygen atoms in total. The van der Waals surface area contributed by atoms with Crippen LogP contribution in [-0.4, -0.2) is 43.8 Å². The summed E-state index contributed by atoms with van der Waals surface area (Å²) in [6.45, 7) is 7.65. The highest BCUT2D eigenvalue weighted by molar-refractivity contribution is 6.32. The summed E-state index contributed by atoms with van der Waals surface area (Å²) in [6.07, 6.45) is 0.898. The van der Waals surface area contributed by atoms with Crippen LogP contribution in [0.2, 0.25) is 5.02 Å². The largest absolute Gasteiger partial charge is 0.489 e. The fraction of sp³-hybridized carbons (Fsp3) is 0.600. The van der Waals surface area contributed by atoms with Crippen molar-refractivity contribution in [1.82, 2.24) is 10.2 Å². The molecule has 0 unspecified atom stereocenters. The first-order valence-corrected chi connectivity index (χ1v) is 7.64. The molecule has 6 heteroatoms. The van der Waals surface area contributed by atoms with Crippen molar-refractivity contribution in [2.45, 2.75) is 25.9 Å². The second-order valence-electron chi connectivity index (χ2n) is 5.55. The normalized spacial score (nSPS) is 22.3. The fourth-order valence-electron chi connectivity index (χ4n) is 2.79. The van der Waals surface area contributed by atoms with E-state index in [1.807, 2.05) is 6.07 Å². The minimum absolute atomic E-state index is 0. The van der Waals surface area contributed by atoms with Crippen molar-refractivity contribution in [3.8, 4) is 11.5 Å². The summed E-state index contributed by atoms with van der Waals surface area (Å²) in [5.74, 6) is 1.48. The van der Waals surface area contributed by atoms with Crippen LogP contribution in [0, 0.1) is 0 Å². The van der Waals surface area contributed by atoms with E-state index in [-0.39, 0.29) is 12.4 Å². The summed E-state index contributed by atoms with van der Waals surface area (Å²) < 4.78 is 11.4. The van der Waals surface area contributed by atoms with E-state index in [2.05, 4.69) is 23.2 Å². The highest BCUT2D eigenvalue weighted by Gasteiger charge is 2.19. The Kier molecular flexibility index (Phi) is 5.99. The molecule has 1 atom stereocenters. The highest BCUT2D eigenvalue weighted by atomic mass is 35.5. The van der Waals surface area contributed by atoms with Gasteiger partial charge in [0, 0.05) is 38.6 Å². The molecule has 0 spiro atoms. The van der Waals surface area contributed by atoms with Crippen molar-refractivity contribution in [1.29, 1.82) is 0 Å². The molecule has 0 aromatic heterocycles. The standard InChI is InChI=1S/C15H21ClN2O2.ClH/c1-11-9-18(4-3-17-11)10-12-7-13(16)15-14(8-12)19-5-2-6-20-15;/h7-8,11,17H,2-6,9-10H2,1H3;1H/t11-;/m1./s1. The number of hydrogen-bond donors (Lipinski definition) is 1. The summed E-state index contributed by atoms with van der Waals surface area (Å²) in [5, 5.41) is 4.11. The Bertz CT molecular complexity index is 485. The molecule has 1 aromatic rings. The maximum absolute atomic E-state index is 6.33. The molecular weight excluding hydrogens is 311 g/mol. The van der Waals surface area contributed by atoms with Crippen LogP contribution < -0.4 is 14.8 Å². The van der Waals surface area contributed by atoms with Gasteiger partial charge in [0.2, 0.25) is 0 Å². The molecule has 0 amide bonds. The SMILES string of the molecule is C[C@@H]1CN(Cc2cc(Cl)c3c(c2)OCCCO3)CCN1.Cl. The first kappa shape index (κ1) is 16.7. The Morgan fingerprint density at radius 3 is 2.95 bits per heavy atom. The molecule has 2 heterocycles. The number of hydrogen-bond acceptors (Lipinski definition) is 4. The van der Waals surface area contributed by atoms with E-state index in [9.17, 15) is 0 Å². The van der Waals surface area contributed by atoms with Crippen molar-refractivity contribution in [2.24, 2.45) is 0 Å². The van der Waals surface area contributed by atoms with Gasteiger partial charge in [0.15, 0.2) is 11.5 Å². The summed E-state index contributed by atoms with van der Waals surface area (Å²) >= 11 is 6.33. The van der Waals surface area contributed by atoms with E-state index in [4.69, 9.17) is 21.1 Å². The lowest BCUT2D eigenvalue weighted by atomic mass is 10.1. The Hall–Kier alpha value is -0.680. The van der Waals surface area contributed by atoms with E-state index in [1.54, 1.807) is 0 Å². The maximum Gasteiger partial charge on any atom is 0.179 e. The average Bonchev–Trinajstić information content (AvgIpc) is 2.64. The molecule has 0 saturated carbocycles. The summed E-state index contributed by atoms with van der Waals surface area (Å²) in [4.78, 5) is 2.44. The van der Waals surface area contributed by atoms with Crippen LogP contribution in [0.15, 0.2) is 12.1 Å². The third kappa shape index (κ3) is 4.16. The summed E-state index contributed by atoms with van der Waals surface area (Å²) in [7, 11) is 0. The Labute approximate surface area is 137 Å². The van der Waals surface area contributed by atoms with Crippen LogP contribution in [0.3, 0.4) is 0 Å². The topological polar surface area (TPSA) is 33.7 Å². The molecule has 1 saturated heterocycles. The summed E-state index contributed by atoms with van der Waals surface area (Å²) in [6, 6.07) is 4.61. The smallest absolute Gasteiger partial charge is 0.179 e. The monoisotopic (exact) mass is 332 g/mol. The fourth-order valence-corrected chi connectivity index (χ4v) is 3.08. The molecule has 1 N–H and O–H groups in total. The Morgan fingerprint density at radius 2 is 2.14 bits per heavy atom. The second kappa shape index (κ2) is 7.54. The van der Waals surface area contributed by atoms with Crippen molar-refractivity contribution in [3.63, 3.8) is 0 Å². The maximum atomic E-state index is 6.33. The van der Waals surface area contributed by atoms with Gasteiger partial charge < -0.3 is 14.8 Å². The van der Waals surface area contributed by atoms with Crippen LogP contribution in [0.5, 0.6) is 11.5 Å². The van der Waals surface area contributed by atoms with Crippen molar-refractivity contribution in [3.05, 3.63) is 22.7 Å². The molecule has 1 fully saturated rings. The Balaban J connectivity index is 0.00000161. The van der Waals surface area contributed by atoms with Gasteiger partial charge in [-0.1, -0.05) is 11.6 Å². The Morgan fingerprint density at radius 1 is 1.33 bits per heavy atom. The predicted molar refractivity (Wildman–Crippen MR) is 87.0 cm³/mol. The van der Waals surface area contributed by atoms with Crippen LogP contribution >= 0.6 is 24.0 Å². The van der Waals surface area contributed by atoms with E-state index in [0.29, 0.717) is 30.0 Å². The van der Waals surface area contributed by atoms with Crippen molar-refractivity contribution < 1.29 is 9.47 Å². The molecule has 21 heavy (non-hydrogen) atoms. The molecule has 3 rings (SSSR count). The zero-order valence-electron chi connectivity index (χ0n) is 12.2. The average molecular weight is 333 g/mol. The zero-order chi connectivity index (χ0) is 13.9. The number of fused-ring (bicyclic) bond motifs is 1. The first-order chi connectivity index (χ1) is 9.72. The van der Waals surface area contributed by atoms with E-state index in [0.717, 1.165) is 38.3 Å². The van der Waals surface area contributed by atoms with Gasteiger partial charge in [-0.15, -0.1) is 12.4 Å². The minimum Gasteiger partial charge on any atom is -0.489 e. The van der Waals surface area contributed by atoms with Crippen LogP contribution in [0.4, 0.5) is 0 Å². The van der Waals surface area contributed by atoms with E-state index < -0.39 is 0 Å². The molecule has 2 aliphatic rings. The van der Waals surface area contributed by atoms with Gasteiger partial charge in [-0.2, -0.15) is 0 Å². The van der Waals surface area contributed by atoms with Gasteiger partial charge in [0.1, 0.15) is 0 Å². The number of piperazine rings is 1. The molecule has 1 aromatic carbocycles. The number of ether oxygens (including phenoxy) is 2. The number of nitrogens with zero attached hydrogens (tertiary/aromatic N) is 1. The van der Waals surface area contributed by atoms with Gasteiger partial charge >= 0.3 is 0 Å². The number of rotatable bonds is 2. The molecule has 0 radical (unpaired) electrons. The zero-order valence-corrected chi connectivity index (χ0v) is 13.8. The number of halogens is 2. The van der Waals surface area contributed by atoms with Gasteiger partial charge in [0.25, 0.3) is 0 Å².